The number of piperidine rings is 1. The normalized spacial score (nSPS) is 18.9. The molecule has 2 aromatic rings. The Morgan fingerprint density at radius 2 is 2.13 bits per heavy atom. The highest BCUT2D eigenvalue weighted by atomic mass is 32.1. The predicted molar refractivity (Wildman–Crippen MR) is 91.6 cm³/mol. The van der Waals surface area contributed by atoms with Crippen molar-refractivity contribution in [3.63, 3.8) is 0 Å². The van der Waals surface area contributed by atoms with Crippen molar-refractivity contribution in [1.29, 1.82) is 0 Å². The van der Waals surface area contributed by atoms with Crippen LogP contribution in [-0.2, 0) is 24.2 Å². The maximum atomic E-state index is 11.1. The summed E-state index contributed by atoms with van der Waals surface area (Å²) < 4.78 is 0. The fraction of sp³-hybridized carbons (Fsp3) is 0.444. The van der Waals surface area contributed by atoms with Crippen LogP contribution in [0.5, 0.6) is 0 Å². The molecule has 0 bridgehead atoms. The molecule has 0 amide bonds. The predicted octanol–water partition coefficient (Wildman–Crippen LogP) is 3.22. The lowest BCUT2D eigenvalue weighted by atomic mass is 9.98. The third-order valence-corrected chi connectivity index (χ3v) is 5.35. The molecule has 122 valence electrons. The highest BCUT2D eigenvalue weighted by Gasteiger charge is 2.25. The molecule has 0 aliphatic carbocycles. The number of thiazole rings is 1. The molecule has 3 rings (SSSR count). The van der Waals surface area contributed by atoms with Gasteiger partial charge in [0.1, 0.15) is 0 Å². The van der Waals surface area contributed by atoms with E-state index in [0.29, 0.717) is 6.54 Å². The molecule has 1 aliphatic rings. The second-order valence-electron chi connectivity index (χ2n) is 6.12. The van der Waals surface area contributed by atoms with Crippen molar-refractivity contribution < 1.29 is 9.90 Å². The van der Waals surface area contributed by atoms with E-state index in [0.717, 1.165) is 43.8 Å². The molecule has 1 aliphatic heterocycles. The quantitative estimate of drug-likeness (QED) is 0.883. The summed E-state index contributed by atoms with van der Waals surface area (Å²) in [6.45, 7) is 2.47. The lowest BCUT2D eigenvalue weighted by Crippen LogP contribution is -2.37. The SMILES string of the molecule is O=C(O)C1CCCN(Cc2cnc(CCc3ccccc3)s2)C1. The van der Waals surface area contributed by atoms with Gasteiger partial charge in [-0.25, -0.2) is 4.98 Å². The number of benzene rings is 1. The molecule has 1 N–H and O–H groups in total. The molecule has 1 atom stereocenters. The van der Waals surface area contributed by atoms with Gasteiger partial charge in [-0.05, 0) is 31.4 Å². The van der Waals surface area contributed by atoms with Crippen LogP contribution in [0.3, 0.4) is 0 Å². The van der Waals surface area contributed by atoms with Crippen LogP contribution >= 0.6 is 11.3 Å². The van der Waals surface area contributed by atoms with Gasteiger partial charge in [0.2, 0.25) is 0 Å². The molecule has 0 spiro atoms. The van der Waals surface area contributed by atoms with Crippen molar-refractivity contribution in [2.45, 2.75) is 32.2 Å². The van der Waals surface area contributed by atoms with Crippen molar-refractivity contribution >= 4 is 17.3 Å². The van der Waals surface area contributed by atoms with E-state index in [1.807, 2.05) is 12.3 Å². The first-order valence-corrected chi connectivity index (χ1v) is 8.95. The third-order valence-electron chi connectivity index (χ3n) is 4.31. The third kappa shape index (κ3) is 4.62. The van der Waals surface area contributed by atoms with Crippen molar-refractivity contribution in [3.8, 4) is 0 Å². The van der Waals surface area contributed by atoms with Crippen LogP contribution in [0.4, 0.5) is 0 Å². The van der Waals surface area contributed by atoms with Crippen LogP contribution in [0.2, 0.25) is 0 Å². The molecule has 0 radical (unpaired) electrons. The number of aryl methyl sites for hydroxylation is 2. The summed E-state index contributed by atoms with van der Waals surface area (Å²) in [6, 6.07) is 10.5. The standard InChI is InChI=1S/C18H22N2O2S/c21-18(22)15-7-4-10-20(12-15)13-16-11-19-17(23-16)9-8-14-5-2-1-3-6-14/h1-3,5-6,11,15H,4,7-10,12-13H2,(H,21,22). The molecular weight excluding hydrogens is 308 g/mol. The van der Waals surface area contributed by atoms with Crippen molar-refractivity contribution in [3.05, 3.63) is 52.0 Å². The van der Waals surface area contributed by atoms with Gasteiger partial charge in [-0.1, -0.05) is 30.3 Å². The fourth-order valence-corrected chi connectivity index (χ4v) is 4.02. The smallest absolute Gasteiger partial charge is 0.307 e. The molecule has 23 heavy (non-hydrogen) atoms. The van der Waals surface area contributed by atoms with Crippen LogP contribution in [-0.4, -0.2) is 34.0 Å². The summed E-state index contributed by atoms with van der Waals surface area (Å²) in [5, 5.41) is 10.3. The number of nitrogens with zero attached hydrogens (tertiary/aromatic N) is 2. The van der Waals surface area contributed by atoms with E-state index in [1.165, 1.54) is 10.4 Å². The number of carboxylic acids is 1. The van der Waals surface area contributed by atoms with Gasteiger partial charge in [0.25, 0.3) is 0 Å². The largest absolute Gasteiger partial charge is 0.481 e. The van der Waals surface area contributed by atoms with Gasteiger partial charge in [-0.2, -0.15) is 0 Å². The summed E-state index contributed by atoms with van der Waals surface area (Å²) in [6.07, 6.45) is 5.70. The van der Waals surface area contributed by atoms with E-state index in [-0.39, 0.29) is 5.92 Å². The number of aliphatic carboxylic acids is 1. The minimum Gasteiger partial charge on any atom is -0.481 e. The minimum absolute atomic E-state index is 0.214. The van der Waals surface area contributed by atoms with Gasteiger partial charge in [0.15, 0.2) is 0 Å². The van der Waals surface area contributed by atoms with Crippen LogP contribution in [0.25, 0.3) is 0 Å². The fourth-order valence-electron chi connectivity index (χ4n) is 3.05. The summed E-state index contributed by atoms with van der Waals surface area (Å²) >= 11 is 1.76. The number of hydrogen-bond acceptors (Lipinski definition) is 4. The first kappa shape index (κ1) is 16.1. The molecule has 5 heteroatoms. The number of aromatic nitrogens is 1. The van der Waals surface area contributed by atoms with Crippen molar-refractivity contribution in [1.82, 2.24) is 9.88 Å². The number of carbonyl (C=O) groups is 1. The molecule has 1 fully saturated rings. The van der Waals surface area contributed by atoms with Gasteiger partial charge in [-0.3, -0.25) is 9.69 Å². The maximum absolute atomic E-state index is 11.1. The zero-order chi connectivity index (χ0) is 16.1. The average molecular weight is 330 g/mol. The van der Waals surface area contributed by atoms with Crippen LogP contribution < -0.4 is 0 Å². The maximum Gasteiger partial charge on any atom is 0.307 e. The zero-order valence-electron chi connectivity index (χ0n) is 13.1. The van der Waals surface area contributed by atoms with E-state index in [1.54, 1.807) is 11.3 Å². The van der Waals surface area contributed by atoms with Crippen molar-refractivity contribution in [2.24, 2.45) is 5.92 Å². The summed E-state index contributed by atoms with van der Waals surface area (Å²) in [4.78, 5) is 19.1. The van der Waals surface area contributed by atoms with Gasteiger partial charge in [0, 0.05) is 30.6 Å². The second kappa shape index (κ2) is 7.70. The van der Waals surface area contributed by atoms with E-state index in [4.69, 9.17) is 5.11 Å². The number of hydrogen-bond donors (Lipinski definition) is 1. The van der Waals surface area contributed by atoms with Gasteiger partial charge in [0.05, 0.1) is 10.9 Å². The second-order valence-corrected chi connectivity index (χ2v) is 7.32. The van der Waals surface area contributed by atoms with Crippen LogP contribution in [0.15, 0.2) is 36.5 Å². The Morgan fingerprint density at radius 3 is 2.91 bits per heavy atom. The molecule has 0 saturated carbocycles. The van der Waals surface area contributed by atoms with E-state index < -0.39 is 5.97 Å². The summed E-state index contributed by atoms with van der Waals surface area (Å²) in [7, 11) is 0. The zero-order valence-corrected chi connectivity index (χ0v) is 14.0. The monoisotopic (exact) mass is 330 g/mol. The van der Waals surface area contributed by atoms with Crippen molar-refractivity contribution in [2.75, 3.05) is 13.1 Å². The summed E-state index contributed by atoms with van der Waals surface area (Å²) in [5.41, 5.74) is 1.34. The van der Waals surface area contributed by atoms with Crippen LogP contribution in [0.1, 0.15) is 28.3 Å². The molecule has 1 aromatic carbocycles. The van der Waals surface area contributed by atoms with Crippen LogP contribution in [0, 0.1) is 5.92 Å². The lowest BCUT2D eigenvalue weighted by molar-refractivity contribution is -0.143. The molecule has 2 heterocycles. The van der Waals surface area contributed by atoms with Gasteiger partial charge >= 0.3 is 5.97 Å². The number of carboxylic acid groups (broad SMARTS) is 1. The Labute approximate surface area is 140 Å². The Morgan fingerprint density at radius 1 is 1.30 bits per heavy atom. The Balaban J connectivity index is 1.52. The highest BCUT2D eigenvalue weighted by Crippen LogP contribution is 2.22. The topological polar surface area (TPSA) is 53.4 Å². The highest BCUT2D eigenvalue weighted by molar-refractivity contribution is 7.11. The Kier molecular flexibility index (Phi) is 5.41. The Bertz CT molecular complexity index is 641. The number of rotatable bonds is 6. The molecule has 1 aromatic heterocycles. The summed E-state index contributed by atoms with van der Waals surface area (Å²) in [5.74, 6) is -0.878. The molecule has 1 saturated heterocycles. The average Bonchev–Trinajstić information content (AvgIpc) is 3.01. The molecule has 4 nitrogen and oxygen atoms in total. The lowest BCUT2D eigenvalue weighted by Gasteiger charge is -2.29. The van der Waals surface area contributed by atoms with E-state index in [9.17, 15) is 4.79 Å². The first-order chi connectivity index (χ1) is 11.2. The van der Waals surface area contributed by atoms with Gasteiger partial charge in [-0.15, -0.1) is 11.3 Å². The van der Waals surface area contributed by atoms with E-state index >= 15 is 0 Å². The minimum atomic E-state index is -0.664. The molecular formula is C18H22N2O2S. The van der Waals surface area contributed by atoms with E-state index in [2.05, 4.69) is 34.1 Å². The van der Waals surface area contributed by atoms with Gasteiger partial charge < -0.3 is 5.11 Å². The number of likely N-dealkylation sites (tertiary alicyclic amines) is 1. The Hall–Kier alpha value is -1.72. The first-order valence-electron chi connectivity index (χ1n) is 8.13. The molecule has 1 unspecified atom stereocenters.